The molecule has 1 saturated heterocycles. The highest BCUT2D eigenvalue weighted by molar-refractivity contribution is 5.58. The Kier molecular flexibility index (Phi) is 3.10. The molecular weight excluding hydrogens is 222 g/mol. The second-order valence-corrected chi connectivity index (χ2v) is 4.05. The lowest BCUT2D eigenvalue weighted by Gasteiger charge is -2.17. The summed E-state index contributed by atoms with van der Waals surface area (Å²) in [7, 11) is 1.92. The maximum absolute atomic E-state index is 10.6. The fourth-order valence-electron chi connectivity index (χ4n) is 1.99. The topological polar surface area (TPSA) is 97.3 Å². The van der Waals surface area contributed by atoms with Crippen molar-refractivity contribution in [3.63, 3.8) is 0 Å². The first kappa shape index (κ1) is 11.6. The minimum atomic E-state index is -0.521. The molecule has 0 bridgehead atoms. The number of rotatable bonds is 3. The second kappa shape index (κ2) is 4.54. The van der Waals surface area contributed by atoms with E-state index in [1.165, 1.54) is 6.07 Å². The lowest BCUT2D eigenvalue weighted by molar-refractivity contribution is -0.384. The quantitative estimate of drug-likeness (QED) is 0.582. The molecule has 0 amide bonds. The molecule has 1 fully saturated rings. The maximum Gasteiger partial charge on any atom is 0.311 e. The van der Waals surface area contributed by atoms with Crippen LogP contribution < -0.4 is 16.0 Å². The zero-order valence-corrected chi connectivity index (χ0v) is 9.59. The van der Waals surface area contributed by atoms with E-state index in [4.69, 9.17) is 5.73 Å². The van der Waals surface area contributed by atoms with Crippen LogP contribution in [0, 0.1) is 10.1 Å². The summed E-state index contributed by atoms with van der Waals surface area (Å²) in [6, 6.07) is 3.49. The number of anilines is 2. The normalized spacial score (nSPS) is 19.6. The van der Waals surface area contributed by atoms with E-state index in [0.29, 0.717) is 11.9 Å². The van der Waals surface area contributed by atoms with Gasteiger partial charge in [0.05, 0.1) is 4.92 Å². The predicted molar refractivity (Wildman–Crippen MR) is 65.0 cm³/mol. The maximum atomic E-state index is 10.6. The monoisotopic (exact) mass is 237 g/mol. The third-order valence-corrected chi connectivity index (χ3v) is 3.00. The van der Waals surface area contributed by atoms with Crippen LogP contribution in [0.2, 0.25) is 0 Å². The SMILES string of the molecule is CNC1CCN(c2ccc([N+](=O)[O-])c(N)n2)C1. The summed E-state index contributed by atoms with van der Waals surface area (Å²) >= 11 is 0. The van der Waals surface area contributed by atoms with Gasteiger partial charge in [-0.1, -0.05) is 0 Å². The minimum absolute atomic E-state index is 0.0274. The number of likely N-dealkylation sites (N-methyl/N-ethyl adjacent to an activating group) is 1. The van der Waals surface area contributed by atoms with E-state index >= 15 is 0 Å². The number of pyridine rings is 1. The van der Waals surface area contributed by atoms with E-state index in [2.05, 4.69) is 15.2 Å². The number of nitrogen functional groups attached to an aromatic ring is 1. The Bertz CT molecular complexity index is 437. The van der Waals surface area contributed by atoms with Crippen molar-refractivity contribution in [2.24, 2.45) is 0 Å². The highest BCUT2D eigenvalue weighted by Gasteiger charge is 2.23. The predicted octanol–water partition coefficient (Wildman–Crippen LogP) is 0.370. The average Bonchev–Trinajstić information content (AvgIpc) is 2.76. The Labute approximate surface area is 98.8 Å². The van der Waals surface area contributed by atoms with Gasteiger partial charge in [0.2, 0.25) is 5.82 Å². The number of nitrogens with zero attached hydrogens (tertiary/aromatic N) is 3. The Morgan fingerprint density at radius 3 is 2.94 bits per heavy atom. The van der Waals surface area contributed by atoms with Crippen molar-refractivity contribution in [3.05, 3.63) is 22.2 Å². The number of nitro groups is 1. The van der Waals surface area contributed by atoms with E-state index in [1.54, 1.807) is 6.07 Å². The molecule has 1 aliphatic heterocycles. The molecule has 2 rings (SSSR count). The van der Waals surface area contributed by atoms with Gasteiger partial charge in [-0.05, 0) is 19.5 Å². The lowest BCUT2D eigenvalue weighted by atomic mass is 10.3. The molecule has 1 unspecified atom stereocenters. The van der Waals surface area contributed by atoms with E-state index in [9.17, 15) is 10.1 Å². The van der Waals surface area contributed by atoms with E-state index in [0.717, 1.165) is 19.5 Å². The highest BCUT2D eigenvalue weighted by Crippen LogP contribution is 2.25. The van der Waals surface area contributed by atoms with Crippen LogP contribution in [0.4, 0.5) is 17.3 Å². The lowest BCUT2D eigenvalue weighted by Crippen LogP contribution is -2.29. The number of hydrogen-bond acceptors (Lipinski definition) is 6. The molecular formula is C10H15N5O2. The third-order valence-electron chi connectivity index (χ3n) is 3.00. The summed E-state index contributed by atoms with van der Waals surface area (Å²) in [5.41, 5.74) is 5.42. The Morgan fingerprint density at radius 2 is 2.41 bits per heavy atom. The van der Waals surface area contributed by atoms with Gasteiger partial charge in [0.1, 0.15) is 5.82 Å². The smallest absolute Gasteiger partial charge is 0.311 e. The Morgan fingerprint density at radius 1 is 1.65 bits per heavy atom. The third kappa shape index (κ3) is 2.28. The molecule has 0 aliphatic carbocycles. The Hall–Kier alpha value is -1.89. The van der Waals surface area contributed by atoms with Crippen molar-refractivity contribution < 1.29 is 4.92 Å². The first-order valence-corrected chi connectivity index (χ1v) is 5.45. The van der Waals surface area contributed by atoms with E-state index in [1.807, 2.05) is 7.05 Å². The minimum Gasteiger partial charge on any atom is -0.378 e. The molecule has 7 nitrogen and oxygen atoms in total. The van der Waals surface area contributed by atoms with Crippen molar-refractivity contribution >= 4 is 17.3 Å². The first-order valence-electron chi connectivity index (χ1n) is 5.45. The molecule has 0 aromatic carbocycles. The van der Waals surface area contributed by atoms with Gasteiger partial charge < -0.3 is 16.0 Å². The van der Waals surface area contributed by atoms with Gasteiger partial charge in [-0.25, -0.2) is 4.98 Å². The summed E-state index contributed by atoms with van der Waals surface area (Å²) in [5, 5.41) is 13.8. The van der Waals surface area contributed by atoms with Crippen LogP contribution in [-0.4, -0.2) is 36.1 Å². The van der Waals surface area contributed by atoms with Crippen LogP contribution in [-0.2, 0) is 0 Å². The van der Waals surface area contributed by atoms with Crippen molar-refractivity contribution in [1.29, 1.82) is 0 Å². The van der Waals surface area contributed by atoms with Crippen LogP contribution in [0.1, 0.15) is 6.42 Å². The molecule has 1 aromatic rings. The molecule has 1 aliphatic rings. The number of hydrogen-bond donors (Lipinski definition) is 2. The number of nitrogens with two attached hydrogens (primary N) is 1. The molecule has 0 spiro atoms. The molecule has 0 saturated carbocycles. The molecule has 1 atom stereocenters. The first-order chi connectivity index (χ1) is 8.11. The largest absolute Gasteiger partial charge is 0.378 e. The summed E-state index contributed by atoms with van der Waals surface area (Å²) in [5.74, 6) is 0.672. The summed E-state index contributed by atoms with van der Waals surface area (Å²) in [4.78, 5) is 16.2. The van der Waals surface area contributed by atoms with Crippen LogP contribution in [0.5, 0.6) is 0 Å². The zero-order valence-electron chi connectivity index (χ0n) is 9.59. The van der Waals surface area contributed by atoms with Crippen LogP contribution in [0.3, 0.4) is 0 Å². The fraction of sp³-hybridized carbons (Fsp3) is 0.500. The average molecular weight is 237 g/mol. The van der Waals surface area contributed by atoms with Gasteiger partial charge >= 0.3 is 5.69 Å². The molecule has 17 heavy (non-hydrogen) atoms. The molecule has 7 heteroatoms. The van der Waals surface area contributed by atoms with Gasteiger partial charge in [0.25, 0.3) is 0 Å². The van der Waals surface area contributed by atoms with Gasteiger partial charge in [-0.2, -0.15) is 0 Å². The second-order valence-electron chi connectivity index (χ2n) is 4.05. The van der Waals surface area contributed by atoms with Crippen LogP contribution in [0.25, 0.3) is 0 Å². The summed E-state index contributed by atoms with van der Waals surface area (Å²) in [6.07, 6.45) is 1.04. The summed E-state index contributed by atoms with van der Waals surface area (Å²) in [6.45, 7) is 1.73. The molecule has 1 aromatic heterocycles. The van der Waals surface area contributed by atoms with Gasteiger partial charge in [-0.15, -0.1) is 0 Å². The molecule has 2 heterocycles. The zero-order chi connectivity index (χ0) is 12.4. The van der Waals surface area contributed by atoms with Crippen LogP contribution >= 0.6 is 0 Å². The van der Waals surface area contributed by atoms with E-state index < -0.39 is 4.92 Å². The van der Waals surface area contributed by atoms with Crippen molar-refractivity contribution in [2.45, 2.75) is 12.5 Å². The van der Waals surface area contributed by atoms with Gasteiger partial charge in [0, 0.05) is 25.2 Å². The van der Waals surface area contributed by atoms with Crippen molar-refractivity contribution in [2.75, 3.05) is 30.8 Å². The molecule has 0 radical (unpaired) electrons. The van der Waals surface area contributed by atoms with Crippen molar-refractivity contribution in [3.8, 4) is 0 Å². The van der Waals surface area contributed by atoms with Crippen LogP contribution in [0.15, 0.2) is 12.1 Å². The Balaban J connectivity index is 2.18. The van der Waals surface area contributed by atoms with Gasteiger partial charge in [0.15, 0.2) is 0 Å². The van der Waals surface area contributed by atoms with Gasteiger partial charge in [-0.3, -0.25) is 10.1 Å². The number of nitrogens with one attached hydrogen (secondary N) is 1. The highest BCUT2D eigenvalue weighted by atomic mass is 16.6. The number of aromatic nitrogens is 1. The summed E-state index contributed by atoms with van der Waals surface area (Å²) < 4.78 is 0. The van der Waals surface area contributed by atoms with Crippen molar-refractivity contribution in [1.82, 2.24) is 10.3 Å². The standard InChI is InChI=1S/C10H15N5O2/c1-12-7-4-5-14(6-7)9-3-2-8(15(16)17)10(11)13-9/h2-3,7,12H,4-6H2,1H3,(H2,11,13). The van der Waals surface area contributed by atoms with E-state index in [-0.39, 0.29) is 11.5 Å². The molecule has 3 N–H and O–H groups in total. The fourth-order valence-corrected chi connectivity index (χ4v) is 1.99. The molecule has 92 valence electrons.